The second-order valence-electron chi connectivity index (χ2n) is 3.58. The van der Waals surface area contributed by atoms with Crippen molar-refractivity contribution in [1.82, 2.24) is 4.98 Å². The average molecular weight is 263 g/mol. The molecule has 0 amide bonds. The molecule has 1 aromatic carbocycles. The largest absolute Gasteiger partial charge is 0.409 e. The first-order valence-electron chi connectivity index (χ1n) is 5.37. The van der Waals surface area contributed by atoms with E-state index in [4.69, 9.17) is 16.0 Å². The van der Waals surface area contributed by atoms with Gasteiger partial charge in [0.15, 0.2) is 5.84 Å². The van der Waals surface area contributed by atoms with Crippen molar-refractivity contribution in [2.75, 3.05) is 12.4 Å². The molecule has 0 bridgehead atoms. The van der Waals surface area contributed by atoms with E-state index < -0.39 is 0 Å². The molecule has 0 fully saturated rings. The quantitative estimate of drug-likeness (QED) is 0.255. The summed E-state index contributed by atoms with van der Waals surface area (Å²) in [5, 5.41) is 21.7. The number of amidine groups is 1. The summed E-state index contributed by atoms with van der Waals surface area (Å²) in [7, 11) is 0. The van der Waals surface area contributed by atoms with Gasteiger partial charge in [0.1, 0.15) is 0 Å². The van der Waals surface area contributed by atoms with Gasteiger partial charge in [0.25, 0.3) is 0 Å². The summed E-state index contributed by atoms with van der Waals surface area (Å²) in [4.78, 5) is 5.14. The summed E-state index contributed by atoms with van der Waals surface area (Å²) in [6.07, 6.45) is 1.58. The Labute approximate surface area is 108 Å². The summed E-state index contributed by atoms with van der Waals surface area (Å²) in [5.41, 5.74) is 7.06. The molecule has 6 heteroatoms. The summed E-state index contributed by atoms with van der Waals surface area (Å²) >= 11 is 1.46. The molecule has 18 heavy (non-hydrogen) atoms. The number of nitrogens with zero attached hydrogens (tertiary/aromatic N) is 2. The molecule has 0 aliphatic rings. The van der Waals surface area contributed by atoms with Crippen LogP contribution in [0, 0.1) is 0 Å². The lowest BCUT2D eigenvalue weighted by Crippen LogP contribution is -2.15. The van der Waals surface area contributed by atoms with Crippen LogP contribution in [-0.2, 0) is 0 Å². The number of rotatable bonds is 4. The van der Waals surface area contributed by atoms with Crippen LogP contribution in [0.5, 0.6) is 0 Å². The van der Waals surface area contributed by atoms with Gasteiger partial charge in [-0.25, -0.2) is 0 Å². The Hall–Kier alpha value is -1.79. The Bertz CT molecular complexity index is 587. The minimum Gasteiger partial charge on any atom is -0.409 e. The van der Waals surface area contributed by atoms with Crippen LogP contribution in [0.2, 0.25) is 0 Å². The molecule has 1 heterocycles. The van der Waals surface area contributed by atoms with Crippen LogP contribution in [-0.4, -0.2) is 33.5 Å². The molecule has 2 rings (SSSR count). The Morgan fingerprint density at radius 3 is 2.89 bits per heavy atom. The van der Waals surface area contributed by atoms with E-state index in [0.29, 0.717) is 11.3 Å². The number of benzene rings is 1. The van der Waals surface area contributed by atoms with Gasteiger partial charge in [0.05, 0.1) is 17.7 Å². The van der Waals surface area contributed by atoms with E-state index in [0.717, 1.165) is 15.8 Å². The number of aliphatic hydroxyl groups excluding tert-OH is 1. The van der Waals surface area contributed by atoms with Gasteiger partial charge in [-0.3, -0.25) is 4.98 Å². The molecule has 0 spiro atoms. The molecule has 0 saturated carbocycles. The third kappa shape index (κ3) is 2.39. The molecule has 5 nitrogen and oxygen atoms in total. The van der Waals surface area contributed by atoms with Gasteiger partial charge in [-0.2, -0.15) is 0 Å². The molecule has 1 aromatic heterocycles. The highest BCUT2D eigenvalue weighted by Crippen LogP contribution is 2.30. The van der Waals surface area contributed by atoms with Gasteiger partial charge in [0, 0.05) is 22.2 Å². The Morgan fingerprint density at radius 1 is 1.39 bits per heavy atom. The molecule has 4 N–H and O–H groups in total. The van der Waals surface area contributed by atoms with Crippen LogP contribution in [0.3, 0.4) is 0 Å². The number of thioether (sulfide) groups is 1. The van der Waals surface area contributed by atoms with Gasteiger partial charge in [-0.15, -0.1) is 11.8 Å². The normalized spacial score (nSPS) is 11.9. The number of fused-ring (bicyclic) bond motifs is 1. The fourth-order valence-electron chi connectivity index (χ4n) is 1.66. The summed E-state index contributed by atoms with van der Waals surface area (Å²) in [5.74, 6) is 0.563. The van der Waals surface area contributed by atoms with Crippen molar-refractivity contribution in [3.8, 4) is 0 Å². The first kappa shape index (κ1) is 12.7. The zero-order valence-corrected chi connectivity index (χ0v) is 10.4. The molecular formula is C12H13N3O2S. The minimum absolute atomic E-state index is 0.0219. The Balaban J connectivity index is 2.63. The van der Waals surface area contributed by atoms with E-state index in [1.165, 1.54) is 11.8 Å². The molecule has 0 atom stereocenters. The molecule has 2 aromatic rings. The van der Waals surface area contributed by atoms with Gasteiger partial charge in [-0.05, 0) is 6.07 Å². The first-order valence-corrected chi connectivity index (χ1v) is 6.35. The maximum Gasteiger partial charge on any atom is 0.172 e. The minimum atomic E-state index is 0.0219. The second-order valence-corrected chi connectivity index (χ2v) is 4.68. The third-order valence-corrected chi connectivity index (χ3v) is 3.56. The number of oxime groups is 1. The molecule has 0 aliphatic heterocycles. The molecule has 0 saturated heterocycles. The first-order chi connectivity index (χ1) is 8.77. The second kappa shape index (κ2) is 5.70. The number of hydrogen-bond donors (Lipinski definition) is 3. The molecule has 0 unspecified atom stereocenters. The van der Waals surface area contributed by atoms with Crippen LogP contribution in [0.25, 0.3) is 10.9 Å². The van der Waals surface area contributed by atoms with E-state index in [-0.39, 0.29) is 12.4 Å². The highest BCUT2D eigenvalue weighted by Gasteiger charge is 2.12. The van der Waals surface area contributed by atoms with Crippen LogP contribution < -0.4 is 5.73 Å². The summed E-state index contributed by atoms with van der Waals surface area (Å²) in [6, 6.07) is 7.63. The third-order valence-electron chi connectivity index (χ3n) is 2.45. The number of aliphatic hydroxyl groups is 1. The van der Waals surface area contributed by atoms with Crippen LogP contribution in [0.4, 0.5) is 0 Å². The zero-order valence-electron chi connectivity index (χ0n) is 9.58. The number of hydrogen-bond acceptors (Lipinski definition) is 5. The van der Waals surface area contributed by atoms with Crippen molar-refractivity contribution in [3.63, 3.8) is 0 Å². The lowest BCUT2D eigenvalue weighted by atomic mass is 10.1. The van der Waals surface area contributed by atoms with Crippen molar-refractivity contribution in [2.24, 2.45) is 10.9 Å². The zero-order chi connectivity index (χ0) is 13.0. The van der Waals surface area contributed by atoms with E-state index in [2.05, 4.69) is 10.1 Å². The van der Waals surface area contributed by atoms with Crippen molar-refractivity contribution >= 4 is 28.5 Å². The van der Waals surface area contributed by atoms with Crippen molar-refractivity contribution in [1.29, 1.82) is 0 Å². The smallest absolute Gasteiger partial charge is 0.172 e. The van der Waals surface area contributed by atoms with Crippen LogP contribution >= 0.6 is 11.8 Å². The monoisotopic (exact) mass is 263 g/mol. The lowest BCUT2D eigenvalue weighted by molar-refractivity contribution is 0.318. The molecule has 94 valence electrons. The van der Waals surface area contributed by atoms with E-state index in [9.17, 15) is 0 Å². The molecular weight excluding hydrogens is 250 g/mol. The maximum atomic E-state index is 8.94. The van der Waals surface area contributed by atoms with Crippen molar-refractivity contribution < 1.29 is 10.3 Å². The van der Waals surface area contributed by atoms with Gasteiger partial charge < -0.3 is 16.0 Å². The van der Waals surface area contributed by atoms with Crippen LogP contribution in [0.1, 0.15) is 5.56 Å². The van der Waals surface area contributed by atoms with Crippen LogP contribution in [0.15, 0.2) is 40.5 Å². The fraction of sp³-hybridized carbons (Fsp3) is 0.167. The Kier molecular flexibility index (Phi) is 4.01. The highest BCUT2D eigenvalue weighted by atomic mass is 32.2. The van der Waals surface area contributed by atoms with Crippen molar-refractivity contribution in [2.45, 2.75) is 4.90 Å². The van der Waals surface area contributed by atoms with Gasteiger partial charge in [-0.1, -0.05) is 23.4 Å². The standard InChI is InChI=1S/C12H13N3O2S/c13-12(15-17)9-7-14-10-4-2-1-3-8(10)11(9)18-6-5-16/h1-4,7,16-17H,5-6H2,(H2,13,15). The predicted molar refractivity (Wildman–Crippen MR) is 72.1 cm³/mol. The van der Waals surface area contributed by atoms with E-state index in [1.54, 1.807) is 6.20 Å². The van der Waals surface area contributed by atoms with Crippen molar-refractivity contribution in [3.05, 3.63) is 36.0 Å². The van der Waals surface area contributed by atoms with Gasteiger partial charge in [0.2, 0.25) is 0 Å². The highest BCUT2D eigenvalue weighted by molar-refractivity contribution is 7.99. The number of para-hydroxylation sites is 1. The fourth-order valence-corrected chi connectivity index (χ4v) is 2.59. The molecule has 0 aliphatic carbocycles. The van der Waals surface area contributed by atoms with E-state index in [1.807, 2.05) is 24.3 Å². The number of pyridine rings is 1. The topological polar surface area (TPSA) is 91.7 Å². The predicted octanol–water partition coefficient (Wildman–Crippen LogP) is 1.41. The summed E-state index contributed by atoms with van der Waals surface area (Å²) in [6.45, 7) is 0.0664. The Morgan fingerprint density at radius 2 is 2.17 bits per heavy atom. The van der Waals surface area contributed by atoms with E-state index >= 15 is 0 Å². The SMILES string of the molecule is N/C(=N\O)c1cnc2ccccc2c1SCCO. The summed E-state index contributed by atoms with van der Waals surface area (Å²) < 4.78 is 0. The maximum absolute atomic E-state index is 8.94. The number of aromatic nitrogens is 1. The van der Waals surface area contributed by atoms with Gasteiger partial charge >= 0.3 is 0 Å². The average Bonchev–Trinajstić information content (AvgIpc) is 2.43. The number of nitrogens with two attached hydrogens (primary N) is 1. The molecule has 0 radical (unpaired) electrons. The lowest BCUT2D eigenvalue weighted by Gasteiger charge is -2.10.